The first kappa shape index (κ1) is 15.0. The van der Waals surface area contributed by atoms with Crippen molar-refractivity contribution in [1.29, 1.82) is 0 Å². The molecule has 0 unspecified atom stereocenters. The molecule has 0 fully saturated rings. The Labute approximate surface area is 136 Å². The summed E-state index contributed by atoms with van der Waals surface area (Å²) in [6.07, 6.45) is 8.14. The zero-order chi connectivity index (χ0) is 16.2. The van der Waals surface area contributed by atoms with Crippen LogP contribution in [0.5, 0.6) is 11.5 Å². The highest BCUT2D eigenvalue weighted by atomic mass is 16.3. The Morgan fingerprint density at radius 1 is 0.957 bits per heavy atom. The molecule has 1 aliphatic rings. The highest BCUT2D eigenvalue weighted by Crippen LogP contribution is 2.35. The van der Waals surface area contributed by atoms with Gasteiger partial charge in [-0.25, -0.2) is 0 Å². The molecular formula is C20H19NO2. The third-order valence-electron chi connectivity index (χ3n) is 3.84. The fourth-order valence-electron chi connectivity index (χ4n) is 2.57. The molecule has 0 radical (unpaired) electrons. The number of rotatable bonds is 3. The zero-order valence-corrected chi connectivity index (χ0v) is 13.0. The molecule has 2 aromatic carbocycles. The lowest BCUT2D eigenvalue weighted by molar-refractivity contribution is 0.471. The second kappa shape index (κ2) is 6.44. The van der Waals surface area contributed by atoms with Gasteiger partial charge in [0.1, 0.15) is 11.5 Å². The Morgan fingerprint density at radius 3 is 2.00 bits per heavy atom. The van der Waals surface area contributed by atoms with E-state index in [2.05, 4.69) is 11.0 Å². The number of aromatic hydroxyl groups is 2. The second-order valence-corrected chi connectivity index (χ2v) is 5.55. The van der Waals surface area contributed by atoms with Crippen LogP contribution in [-0.4, -0.2) is 28.7 Å². The maximum Gasteiger partial charge on any atom is 0.123 e. The van der Waals surface area contributed by atoms with E-state index < -0.39 is 0 Å². The molecule has 0 amide bonds. The van der Waals surface area contributed by atoms with Gasteiger partial charge in [0.25, 0.3) is 0 Å². The van der Waals surface area contributed by atoms with E-state index in [9.17, 15) is 10.2 Å². The van der Waals surface area contributed by atoms with Crippen LogP contribution in [0.25, 0.3) is 5.57 Å². The summed E-state index contributed by atoms with van der Waals surface area (Å²) in [6.45, 7) is 0.831. The third kappa shape index (κ3) is 3.29. The number of benzene rings is 2. The summed E-state index contributed by atoms with van der Waals surface area (Å²) in [5.74, 6) is 0.388. The van der Waals surface area contributed by atoms with Crippen LogP contribution >= 0.6 is 0 Å². The van der Waals surface area contributed by atoms with Crippen molar-refractivity contribution in [3.05, 3.63) is 89.7 Å². The Hall–Kier alpha value is -2.94. The largest absolute Gasteiger partial charge is 0.507 e. The maximum absolute atomic E-state index is 10.2. The van der Waals surface area contributed by atoms with Gasteiger partial charge in [0.05, 0.1) is 0 Å². The number of likely N-dealkylation sites (N-methyl/N-ethyl adjacent to an activating group) is 1. The van der Waals surface area contributed by atoms with Gasteiger partial charge in [-0.05, 0) is 41.6 Å². The van der Waals surface area contributed by atoms with E-state index in [4.69, 9.17) is 0 Å². The van der Waals surface area contributed by atoms with E-state index in [1.54, 1.807) is 24.3 Å². The van der Waals surface area contributed by atoms with Crippen LogP contribution in [-0.2, 0) is 0 Å². The van der Waals surface area contributed by atoms with Gasteiger partial charge in [-0.3, -0.25) is 0 Å². The van der Waals surface area contributed by atoms with Gasteiger partial charge in [0, 0.05) is 24.7 Å². The van der Waals surface area contributed by atoms with Crippen LogP contribution in [0.2, 0.25) is 0 Å². The first-order valence-electron chi connectivity index (χ1n) is 7.52. The predicted molar refractivity (Wildman–Crippen MR) is 93.1 cm³/mol. The number of para-hydroxylation sites is 2. The van der Waals surface area contributed by atoms with E-state index >= 15 is 0 Å². The van der Waals surface area contributed by atoms with Crippen LogP contribution in [0.3, 0.4) is 0 Å². The number of hydrogen-bond donors (Lipinski definition) is 2. The fraction of sp³-hybridized carbons (Fsp3) is 0.100. The first-order valence-corrected chi connectivity index (χ1v) is 7.52. The summed E-state index contributed by atoms with van der Waals surface area (Å²) < 4.78 is 0. The summed E-state index contributed by atoms with van der Waals surface area (Å²) >= 11 is 0. The molecule has 0 spiro atoms. The van der Waals surface area contributed by atoms with E-state index in [0.29, 0.717) is 11.1 Å². The highest BCUT2D eigenvalue weighted by molar-refractivity contribution is 5.86. The molecule has 0 saturated heterocycles. The minimum Gasteiger partial charge on any atom is -0.507 e. The first-order chi connectivity index (χ1) is 11.1. The van der Waals surface area contributed by atoms with Gasteiger partial charge < -0.3 is 15.1 Å². The standard InChI is InChI=1S/C20H19NO2/c1-21-12-10-15(11-13-21)14-18(16-6-2-4-8-19(16)22)17-7-3-5-9-20(17)23/h2-12,14,22-23H,13H2,1H3. The molecule has 3 heteroatoms. The molecule has 0 bridgehead atoms. The van der Waals surface area contributed by atoms with Gasteiger partial charge in [-0.1, -0.05) is 42.5 Å². The van der Waals surface area contributed by atoms with E-state index in [1.165, 1.54) is 0 Å². The number of allylic oxidation sites excluding steroid dienone is 3. The van der Waals surface area contributed by atoms with Crippen molar-refractivity contribution < 1.29 is 10.2 Å². The smallest absolute Gasteiger partial charge is 0.123 e. The topological polar surface area (TPSA) is 43.7 Å². The van der Waals surface area contributed by atoms with Gasteiger partial charge in [0.2, 0.25) is 0 Å². The molecule has 116 valence electrons. The summed E-state index contributed by atoms with van der Waals surface area (Å²) in [7, 11) is 2.01. The number of phenols is 2. The number of nitrogens with zero attached hydrogens (tertiary/aromatic N) is 1. The maximum atomic E-state index is 10.2. The van der Waals surface area contributed by atoms with Crippen LogP contribution in [0.15, 0.2) is 78.5 Å². The van der Waals surface area contributed by atoms with Gasteiger partial charge >= 0.3 is 0 Å². The van der Waals surface area contributed by atoms with Crippen molar-refractivity contribution in [2.24, 2.45) is 0 Å². The van der Waals surface area contributed by atoms with E-state index in [1.807, 2.05) is 49.7 Å². The van der Waals surface area contributed by atoms with Crippen molar-refractivity contribution in [2.45, 2.75) is 0 Å². The van der Waals surface area contributed by atoms with Crippen LogP contribution in [0.1, 0.15) is 11.1 Å². The lowest BCUT2D eigenvalue weighted by Gasteiger charge is -2.17. The van der Waals surface area contributed by atoms with Crippen molar-refractivity contribution in [2.75, 3.05) is 13.6 Å². The zero-order valence-electron chi connectivity index (χ0n) is 13.0. The molecule has 2 N–H and O–H groups in total. The van der Waals surface area contributed by atoms with E-state index in [0.717, 1.165) is 17.7 Å². The molecule has 3 nitrogen and oxygen atoms in total. The minimum absolute atomic E-state index is 0.194. The quantitative estimate of drug-likeness (QED) is 0.903. The van der Waals surface area contributed by atoms with Crippen LogP contribution < -0.4 is 0 Å². The molecule has 0 aliphatic carbocycles. The highest BCUT2D eigenvalue weighted by Gasteiger charge is 2.13. The monoisotopic (exact) mass is 305 g/mol. The average molecular weight is 305 g/mol. The van der Waals surface area contributed by atoms with Crippen molar-refractivity contribution in [3.63, 3.8) is 0 Å². The van der Waals surface area contributed by atoms with Gasteiger partial charge in [-0.2, -0.15) is 0 Å². The molecule has 0 atom stereocenters. The average Bonchev–Trinajstić information content (AvgIpc) is 2.56. The number of phenolic OH excluding ortho intramolecular Hbond substituents is 2. The molecule has 0 saturated carbocycles. The SMILES string of the molecule is CN1C=CC(C=C(c2ccccc2O)c2ccccc2O)=CC1. The normalized spacial score (nSPS) is 13.6. The number of hydrogen-bond acceptors (Lipinski definition) is 3. The third-order valence-corrected chi connectivity index (χ3v) is 3.84. The van der Waals surface area contributed by atoms with Crippen molar-refractivity contribution >= 4 is 5.57 Å². The van der Waals surface area contributed by atoms with Gasteiger partial charge in [0.15, 0.2) is 0 Å². The fourth-order valence-corrected chi connectivity index (χ4v) is 2.57. The molecule has 1 aliphatic heterocycles. The molecule has 2 aromatic rings. The Balaban J connectivity index is 2.14. The lowest BCUT2D eigenvalue weighted by Crippen LogP contribution is -2.13. The molecule has 23 heavy (non-hydrogen) atoms. The lowest BCUT2D eigenvalue weighted by atomic mass is 9.94. The van der Waals surface area contributed by atoms with Gasteiger partial charge in [-0.15, -0.1) is 0 Å². The van der Waals surface area contributed by atoms with E-state index in [-0.39, 0.29) is 11.5 Å². The minimum atomic E-state index is 0.194. The van der Waals surface area contributed by atoms with Crippen molar-refractivity contribution in [1.82, 2.24) is 4.90 Å². The molecular weight excluding hydrogens is 286 g/mol. The summed E-state index contributed by atoms with van der Waals surface area (Å²) in [6, 6.07) is 14.3. The summed E-state index contributed by atoms with van der Waals surface area (Å²) in [5, 5.41) is 20.5. The molecule has 0 aromatic heterocycles. The summed E-state index contributed by atoms with van der Waals surface area (Å²) in [4.78, 5) is 2.08. The molecule has 3 rings (SSSR count). The Morgan fingerprint density at radius 2 is 1.52 bits per heavy atom. The van der Waals surface area contributed by atoms with Crippen LogP contribution in [0, 0.1) is 0 Å². The van der Waals surface area contributed by atoms with Crippen LogP contribution in [0.4, 0.5) is 0 Å². The predicted octanol–water partition coefficient (Wildman–Crippen LogP) is 3.92. The Bertz CT molecular complexity index is 755. The Kier molecular flexibility index (Phi) is 4.20. The molecule has 1 heterocycles. The second-order valence-electron chi connectivity index (χ2n) is 5.55. The summed E-state index contributed by atoms with van der Waals surface area (Å²) in [5.41, 5.74) is 3.23. The van der Waals surface area contributed by atoms with Crippen molar-refractivity contribution in [3.8, 4) is 11.5 Å².